The van der Waals surface area contributed by atoms with E-state index < -0.39 is 10.0 Å². The van der Waals surface area contributed by atoms with Crippen molar-refractivity contribution in [2.75, 3.05) is 13.1 Å². The number of rotatable bonds is 6. The molecule has 1 fully saturated rings. The summed E-state index contributed by atoms with van der Waals surface area (Å²) in [6, 6.07) is 11.6. The van der Waals surface area contributed by atoms with Crippen LogP contribution in [0.1, 0.15) is 29.9 Å². The molecule has 2 atom stereocenters. The molecular weight excluding hydrogens is 368 g/mol. The number of aryl methyl sites for hydroxylation is 1. The van der Waals surface area contributed by atoms with Crippen molar-refractivity contribution in [1.29, 1.82) is 0 Å². The first-order chi connectivity index (χ1) is 12.3. The lowest BCUT2D eigenvalue weighted by molar-refractivity contribution is -0.0704. The number of benzene rings is 1. The third kappa shape index (κ3) is 5.14. The third-order valence-corrected chi connectivity index (χ3v) is 7.27. The van der Waals surface area contributed by atoms with Crippen LogP contribution in [0.25, 0.3) is 0 Å². The van der Waals surface area contributed by atoms with E-state index in [1.807, 2.05) is 25.1 Å². The number of morpholine rings is 1. The zero-order chi connectivity index (χ0) is 18.7. The maximum absolute atomic E-state index is 12.3. The van der Waals surface area contributed by atoms with E-state index in [1.54, 1.807) is 6.07 Å². The number of thiophene rings is 1. The fourth-order valence-corrected chi connectivity index (χ4v) is 5.59. The molecule has 3 rings (SSSR count). The van der Waals surface area contributed by atoms with Crippen molar-refractivity contribution < 1.29 is 13.2 Å². The molecule has 7 heteroatoms. The molecule has 0 radical (unpaired) electrons. The maximum atomic E-state index is 12.3. The van der Waals surface area contributed by atoms with E-state index in [0.29, 0.717) is 10.8 Å². The first kappa shape index (κ1) is 19.5. The van der Waals surface area contributed by atoms with Gasteiger partial charge in [0.15, 0.2) is 0 Å². The molecule has 2 heterocycles. The number of hydrogen-bond acceptors (Lipinski definition) is 5. The predicted molar refractivity (Wildman–Crippen MR) is 105 cm³/mol. The van der Waals surface area contributed by atoms with Crippen LogP contribution in [-0.4, -0.2) is 38.6 Å². The highest BCUT2D eigenvalue weighted by Gasteiger charge is 2.22. The highest BCUT2D eigenvalue weighted by molar-refractivity contribution is 7.91. The maximum Gasteiger partial charge on any atom is 0.250 e. The summed E-state index contributed by atoms with van der Waals surface area (Å²) in [6.07, 6.45) is 0.515. The quantitative estimate of drug-likeness (QED) is 0.818. The van der Waals surface area contributed by atoms with Gasteiger partial charge in [0.1, 0.15) is 4.21 Å². The normalized spacial score (nSPS) is 21.8. The minimum Gasteiger partial charge on any atom is -0.373 e. The first-order valence-corrected chi connectivity index (χ1v) is 11.1. The minimum absolute atomic E-state index is 0.258. The van der Waals surface area contributed by atoms with Gasteiger partial charge in [-0.25, -0.2) is 13.1 Å². The molecule has 0 aliphatic carbocycles. The van der Waals surface area contributed by atoms with Crippen molar-refractivity contribution in [3.8, 4) is 0 Å². The van der Waals surface area contributed by atoms with Gasteiger partial charge in [-0.2, -0.15) is 0 Å². The van der Waals surface area contributed by atoms with Gasteiger partial charge in [-0.1, -0.05) is 24.3 Å². The molecule has 2 unspecified atom stereocenters. The summed E-state index contributed by atoms with van der Waals surface area (Å²) in [7, 11) is -3.44. The van der Waals surface area contributed by atoms with Crippen molar-refractivity contribution in [2.24, 2.45) is 0 Å². The second-order valence-electron chi connectivity index (χ2n) is 6.96. The molecular formula is C19H26N2O3S2. The van der Waals surface area contributed by atoms with Crippen LogP contribution in [0.4, 0.5) is 0 Å². The second kappa shape index (κ2) is 8.19. The molecule has 1 aromatic carbocycles. The molecule has 0 bridgehead atoms. The van der Waals surface area contributed by atoms with Crippen LogP contribution in [0.5, 0.6) is 0 Å². The van der Waals surface area contributed by atoms with Gasteiger partial charge in [-0.3, -0.25) is 4.90 Å². The van der Waals surface area contributed by atoms with E-state index >= 15 is 0 Å². The Morgan fingerprint density at radius 1 is 1.08 bits per heavy atom. The Morgan fingerprint density at radius 2 is 1.69 bits per heavy atom. The van der Waals surface area contributed by atoms with Crippen molar-refractivity contribution in [1.82, 2.24) is 9.62 Å². The van der Waals surface area contributed by atoms with Crippen molar-refractivity contribution in [3.63, 3.8) is 0 Å². The van der Waals surface area contributed by atoms with Crippen molar-refractivity contribution >= 4 is 21.4 Å². The highest BCUT2D eigenvalue weighted by atomic mass is 32.2. The standard InChI is InChI=1S/C19H26N2O3S2/c1-14-11-21(12-15(2)24-14)13-18-7-5-17(6-8-18)10-20-26(22,23)19-9-4-16(3)25-19/h4-9,14-15,20H,10-13H2,1-3H3. The lowest BCUT2D eigenvalue weighted by atomic mass is 10.1. The topological polar surface area (TPSA) is 58.6 Å². The van der Waals surface area contributed by atoms with Crippen LogP contribution in [0.2, 0.25) is 0 Å². The van der Waals surface area contributed by atoms with Gasteiger partial charge in [0.05, 0.1) is 12.2 Å². The van der Waals surface area contributed by atoms with Gasteiger partial charge in [-0.15, -0.1) is 11.3 Å². The average Bonchev–Trinajstić information content (AvgIpc) is 3.01. The zero-order valence-corrected chi connectivity index (χ0v) is 17.1. The summed E-state index contributed by atoms with van der Waals surface area (Å²) in [5, 5.41) is 0. The van der Waals surface area contributed by atoms with Crippen LogP contribution in [-0.2, 0) is 27.8 Å². The lowest BCUT2D eigenvalue weighted by Gasteiger charge is -2.35. The summed E-state index contributed by atoms with van der Waals surface area (Å²) in [4.78, 5) is 3.39. The Labute approximate surface area is 160 Å². The summed E-state index contributed by atoms with van der Waals surface area (Å²) in [5.41, 5.74) is 2.18. The van der Waals surface area contributed by atoms with Gasteiger partial charge < -0.3 is 4.74 Å². The smallest absolute Gasteiger partial charge is 0.250 e. The Kier molecular flexibility index (Phi) is 6.14. The summed E-state index contributed by atoms with van der Waals surface area (Å²) in [5.74, 6) is 0. The van der Waals surface area contributed by atoms with E-state index in [2.05, 4.69) is 35.6 Å². The molecule has 0 amide bonds. The van der Waals surface area contributed by atoms with Crippen LogP contribution in [0.3, 0.4) is 0 Å². The molecule has 1 N–H and O–H groups in total. The van der Waals surface area contributed by atoms with Gasteiger partial charge >= 0.3 is 0 Å². The van der Waals surface area contributed by atoms with E-state index in [-0.39, 0.29) is 12.2 Å². The molecule has 0 spiro atoms. The lowest BCUT2D eigenvalue weighted by Crippen LogP contribution is -2.44. The molecule has 2 aromatic rings. The van der Waals surface area contributed by atoms with Crippen LogP contribution < -0.4 is 4.72 Å². The molecule has 0 saturated carbocycles. The SMILES string of the molecule is Cc1ccc(S(=O)(=O)NCc2ccc(CN3CC(C)OC(C)C3)cc2)s1. The number of hydrogen-bond donors (Lipinski definition) is 1. The van der Waals surface area contributed by atoms with Crippen LogP contribution >= 0.6 is 11.3 Å². The van der Waals surface area contributed by atoms with Gasteiger partial charge in [0.25, 0.3) is 0 Å². The molecule has 1 aliphatic rings. The Morgan fingerprint density at radius 3 is 2.27 bits per heavy atom. The second-order valence-corrected chi connectivity index (χ2v) is 10.2. The average molecular weight is 395 g/mol. The molecule has 1 aromatic heterocycles. The van der Waals surface area contributed by atoms with E-state index in [9.17, 15) is 8.42 Å². The fraction of sp³-hybridized carbons (Fsp3) is 0.474. The van der Waals surface area contributed by atoms with E-state index in [0.717, 1.165) is 30.1 Å². The molecule has 5 nitrogen and oxygen atoms in total. The van der Waals surface area contributed by atoms with Crippen LogP contribution in [0, 0.1) is 6.92 Å². The summed E-state index contributed by atoms with van der Waals surface area (Å²) in [6.45, 7) is 9.17. The summed E-state index contributed by atoms with van der Waals surface area (Å²) >= 11 is 1.29. The van der Waals surface area contributed by atoms with Crippen molar-refractivity contribution in [3.05, 3.63) is 52.4 Å². The van der Waals surface area contributed by atoms with E-state index in [1.165, 1.54) is 16.9 Å². The van der Waals surface area contributed by atoms with Gasteiger partial charge in [-0.05, 0) is 44.0 Å². The fourth-order valence-electron chi connectivity index (χ4n) is 3.24. The van der Waals surface area contributed by atoms with Gasteiger partial charge in [0, 0.05) is 31.1 Å². The van der Waals surface area contributed by atoms with Crippen LogP contribution in [0.15, 0.2) is 40.6 Å². The largest absolute Gasteiger partial charge is 0.373 e. The summed E-state index contributed by atoms with van der Waals surface area (Å²) < 4.78 is 33.4. The van der Waals surface area contributed by atoms with Crippen molar-refractivity contribution in [2.45, 2.75) is 50.3 Å². The Hall–Kier alpha value is -1.25. The molecule has 142 valence electrons. The number of nitrogens with one attached hydrogen (secondary N) is 1. The molecule has 1 aliphatic heterocycles. The number of nitrogens with zero attached hydrogens (tertiary/aromatic N) is 1. The Balaban J connectivity index is 1.56. The third-order valence-electron chi connectivity index (χ3n) is 4.37. The molecule has 26 heavy (non-hydrogen) atoms. The van der Waals surface area contributed by atoms with E-state index in [4.69, 9.17) is 4.74 Å². The number of sulfonamides is 1. The highest BCUT2D eigenvalue weighted by Crippen LogP contribution is 2.21. The number of ether oxygens (including phenoxy) is 1. The predicted octanol–water partition coefficient (Wildman–Crippen LogP) is 3.14. The minimum atomic E-state index is -3.44. The zero-order valence-electron chi connectivity index (χ0n) is 15.4. The van der Waals surface area contributed by atoms with Gasteiger partial charge in [0.2, 0.25) is 10.0 Å². The molecule has 1 saturated heterocycles. The first-order valence-electron chi connectivity index (χ1n) is 8.83. The Bertz CT molecular complexity index is 821. The monoisotopic (exact) mass is 394 g/mol.